The summed E-state index contributed by atoms with van der Waals surface area (Å²) in [6, 6.07) is -0.716. The Labute approximate surface area is 60.2 Å². The quantitative estimate of drug-likeness (QED) is 0.283. The number of aliphatic carboxylic acids is 1. The van der Waals surface area contributed by atoms with Crippen LogP contribution in [0.15, 0.2) is 0 Å². The van der Waals surface area contributed by atoms with Crippen LogP contribution in [0.1, 0.15) is 19.3 Å². The lowest BCUT2D eigenvalue weighted by Crippen LogP contribution is -2.29. The average Bonchev–Trinajstić information content (AvgIpc) is 1.88. The standard InChI is InChI=1S/C6H14N2O2/c7-4-2-1-3-5(8)6(9)10/h5H,1-4,7-8H2,(H,9,10)/t5-/m0/s1/i1+1,2+1,3+1,4+1,5+1,6+1,7+1,8+1. The zero-order chi connectivity index (χ0) is 7.98. The van der Waals surface area contributed by atoms with Crippen LogP contribution in [0.3, 0.4) is 0 Å². The minimum Gasteiger partial charge on any atom is -0.480 e. The van der Waals surface area contributed by atoms with Crippen molar-refractivity contribution in [2.45, 2.75) is 25.3 Å². The molecule has 0 aromatic rings. The second kappa shape index (κ2) is 5.20. The second-order valence-electron chi connectivity index (χ2n) is 2.23. The van der Waals surface area contributed by atoms with Gasteiger partial charge in [0.05, 0.1) is 0 Å². The van der Waals surface area contributed by atoms with Crippen molar-refractivity contribution in [1.29, 1.82) is 0 Å². The van der Waals surface area contributed by atoms with Gasteiger partial charge >= 0.3 is 5.97 Å². The van der Waals surface area contributed by atoms with Gasteiger partial charge in [-0.15, -0.1) is 0 Å². The number of carboxylic acid groups (broad SMARTS) is 1. The molecular weight excluding hydrogens is 140 g/mol. The molecule has 0 amide bonds. The Bertz CT molecular complexity index is 106. The van der Waals surface area contributed by atoms with E-state index in [1.54, 1.807) is 0 Å². The van der Waals surface area contributed by atoms with Gasteiger partial charge in [-0.25, -0.2) is 0 Å². The number of carboxylic acids is 1. The molecule has 60 valence electrons. The Hall–Kier alpha value is -0.610. The lowest BCUT2D eigenvalue weighted by Gasteiger charge is -2.03. The summed E-state index contributed by atoms with van der Waals surface area (Å²) in [6.45, 7) is 0.604. The predicted octanol–water partition coefficient (Wildman–Crippen LogP) is -0.473. The van der Waals surface area contributed by atoms with Gasteiger partial charge in [-0.1, -0.05) is 6.42 Å². The molecule has 4 heteroatoms. The van der Waals surface area contributed by atoms with Gasteiger partial charge in [0.2, 0.25) is 0 Å². The van der Waals surface area contributed by atoms with E-state index in [0.717, 1.165) is 12.8 Å². The summed E-state index contributed by atoms with van der Waals surface area (Å²) in [6.07, 6.45) is 2.16. The maximum atomic E-state index is 10.1. The van der Waals surface area contributed by atoms with Gasteiger partial charge < -0.3 is 16.6 Å². The third kappa shape index (κ3) is 4.29. The average molecular weight is 154 g/mol. The maximum absolute atomic E-state index is 10.1. The lowest BCUT2D eigenvalue weighted by atomic mass is 11.1. The normalized spacial score (nSPS) is 13.0. The van der Waals surface area contributed by atoms with Crippen molar-refractivity contribution in [3.05, 3.63) is 0 Å². The minimum atomic E-state index is -0.933. The van der Waals surface area contributed by atoms with Gasteiger partial charge in [-0.2, -0.15) is 0 Å². The molecule has 0 aliphatic carbocycles. The molecule has 10 heavy (non-hydrogen) atoms. The molecule has 0 saturated heterocycles. The predicted molar refractivity (Wildman–Crippen MR) is 38.5 cm³/mol. The van der Waals surface area contributed by atoms with E-state index in [9.17, 15) is 4.79 Å². The van der Waals surface area contributed by atoms with Crippen LogP contribution >= 0.6 is 0 Å². The third-order valence-electron chi connectivity index (χ3n) is 1.29. The summed E-state index contributed by atoms with van der Waals surface area (Å²) >= 11 is 0. The fourth-order valence-corrected chi connectivity index (χ4v) is 0.632. The molecule has 0 unspecified atom stereocenters. The van der Waals surface area contributed by atoms with Gasteiger partial charge in [0.25, 0.3) is 0 Å². The van der Waals surface area contributed by atoms with Crippen LogP contribution in [0.5, 0.6) is 0 Å². The van der Waals surface area contributed by atoms with Gasteiger partial charge in [-0.05, 0) is 19.4 Å². The van der Waals surface area contributed by atoms with Crippen molar-refractivity contribution in [3.63, 3.8) is 0 Å². The molecule has 0 aliphatic rings. The molecule has 4 nitrogen and oxygen atoms in total. The molecule has 0 rings (SSSR count). The number of nitrogens with two attached hydrogens (primary N) is 2. The molecule has 0 aromatic heterocycles. The maximum Gasteiger partial charge on any atom is 0.320 e. The molecule has 0 heterocycles. The Kier molecular flexibility index (Phi) is 4.88. The van der Waals surface area contributed by atoms with Crippen molar-refractivity contribution in [3.8, 4) is 0 Å². The van der Waals surface area contributed by atoms with Gasteiger partial charge in [0.15, 0.2) is 0 Å². The molecule has 0 aromatic carbocycles. The first-order valence-electron chi connectivity index (χ1n) is 3.37. The monoisotopic (exact) mass is 154 g/mol. The fraction of sp³-hybridized carbons (Fsp3) is 0.833. The van der Waals surface area contributed by atoms with Crippen LogP contribution in [-0.4, -0.2) is 23.7 Å². The smallest absolute Gasteiger partial charge is 0.320 e. The number of hydrogen-bond acceptors (Lipinski definition) is 3. The molecule has 0 fully saturated rings. The first-order chi connectivity index (χ1) is 4.68. The van der Waals surface area contributed by atoms with E-state index in [-0.39, 0.29) is 0 Å². The van der Waals surface area contributed by atoms with E-state index in [2.05, 4.69) is 0 Å². The Morgan fingerprint density at radius 2 is 2.10 bits per heavy atom. The van der Waals surface area contributed by atoms with Crippen LogP contribution in [0.25, 0.3) is 0 Å². The Morgan fingerprint density at radius 3 is 2.50 bits per heavy atom. The largest absolute Gasteiger partial charge is 0.480 e. The van der Waals surface area contributed by atoms with Crippen LogP contribution < -0.4 is 11.5 Å². The fourth-order valence-electron chi connectivity index (χ4n) is 0.632. The van der Waals surface area contributed by atoms with Crippen molar-refractivity contribution in [2.24, 2.45) is 11.5 Å². The van der Waals surface area contributed by atoms with Crippen LogP contribution in [0, 0.1) is 0 Å². The van der Waals surface area contributed by atoms with E-state index in [1.165, 1.54) is 0 Å². The molecule has 0 radical (unpaired) electrons. The zero-order valence-electron chi connectivity index (χ0n) is 5.92. The first-order valence-corrected chi connectivity index (χ1v) is 3.37. The van der Waals surface area contributed by atoms with E-state index in [1.807, 2.05) is 0 Å². The SMILES string of the molecule is [15NH2][13CH2][13CH2][13CH2][13CH2][13C@H]([15NH2])[13C](=O)O. The molecule has 1 atom stereocenters. The van der Waals surface area contributed by atoms with Gasteiger partial charge in [-0.3, -0.25) is 4.79 Å². The van der Waals surface area contributed by atoms with Gasteiger partial charge in [0, 0.05) is 0 Å². The number of carbonyl (C=O) groups is 1. The summed E-state index contributed by atoms with van der Waals surface area (Å²) in [5, 5.41) is 8.33. The highest BCUT2D eigenvalue weighted by molar-refractivity contribution is 5.72. The summed E-state index contributed by atoms with van der Waals surface area (Å²) < 4.78 is 0. The van der Waals surface area contributed by atoms with E-state index in [0.29, 0.717) is 13.0 Å². The number of unbranched alkanes of at least 4 members (excludes halogenated alkanes) is 1. The molecule has 0 bridgehead atoms. The number of hydrogen-bond donors (Lipinski definition) is 3. The first kappa shape index (κ1) is 9.39. The highest BCUT2D eigenvalue weighted by Crippen LogP contribution is 1.96. The molecule has 0 saturated carbocycles. The minimum absolute atomic E-state index is 0.520. The van der Waals surface area contributed by atoms with Crippen LogP contribution in [-0.2, 0) is 4.79 Å². The van der Waals surface area contributed by atoms with E-state index < -0.39 is 12.0 Å². The van der Waals surface area contributed by atoms with Crippen LogP contribution in [0.4, 0.5) is 0 Å². The van der Waals surface area contributed by atoms with Crippen molar-refractivity contribution >= 4 is 5.97 Å². The Morgan fingerprint density at radius 1 is 1.50 bits per heavy atom. The highest BCUT2D eigenvalue weighted by atomic mass is 16.5. The van der Waals surface area contributed by atoms with Crippen molar-refractivity contribution in [1.82, 2.24) is 0 Å². The Balaban J connectivity index is 3.21. The summed E-state index contributed by atoms with van der Waals surface area (Å²) in [5.41, 5.74) is 10.4. The van der Waals surface area contributed by atoms with Crippen molar-refractivity contribution in [2.75, 3.05) is 6.54 Å². The van der Waals surface area contributed by atoms with Gasteiger partial charge in [0.1, 0.15) is 6.04 Å². The summed E-state index contributed by atoms with van der Waals surface area (Å²) in [5.74, 6) is -0.933. The summed E-state index contributed by atoms with van der Waals surface area (Å²) in [7, 11) is 0. The molecular formula is C6H14N2O2. The van der Waals surface area contributed by atoms with E-state index in [4.69, 9.17) is 16.6 Å². The van der Waals surface area contributed by atoms with E-state index >= 15 is 0 Å². The van der Waals surface area contributed by atoms with Crippen molar-refractivity contribution < 1.29 is 9.90 Å². The summed E-state index contributed by atoms with van der Waals surface area (Å²) in [4.78, 5) is 10.1. The highest BCUT2D eigenvalue weighted by Gasteiger charge is 2.09. The zero-order valence-corrected chi connectivity index (χ0v) is 5.92. The number of rotatable bonds is 5. The third-order valence-corrected chi connectivity index (χ3v) is 1.29. The second-order valence-corrected chi connectivity index (χ2v) is 2.23. The molecule has 0 aliphatic heterocycles. The molecule has 5 N–H and O–H groups in total. The molecule has 0 spiro atoms. The van der Waals surface area contributed by atoms with Crippen LogP contribution in [0.2, 0.25) is 0 Å². The topological polar surface area (TPSA) is 89.3 Å². The lowest BCUT2D eigenvalue weighted by molar-refractivity contribution is -0.138.